The number of nitrogens with zero attached hydrogens (tertiary/aromatic N) is 4. The number of anilines is 1. The van der Waals surface area contributed by atoms with Gasteiger partial charge in [-0.05, 0) is 43.3 Å². The first-order valence-corrected chi connectivity index (χ1v) is 7.82. The number of pyridine rings is 1. The molecule has 0 radical (unpaired) electrons. The van der Waals surface area contributed by atoms with Gasteiger partial charge in [-0.15, -0.1) is 10.2 Å². The number of carbonyl (C=O) groups excluding carboxylic acids is 1. The predicted octanol–water partition coefficient (Wildman–Crippen LogP) is 3.41. The van der Waals surface area contributed by atoms with Gasteiger partial charge >= 0.3 is 0 Å². The zero-order valence-corrected chi connectivity index (χ0v) is 13.1. The highest BCUT2D eigenvalue weighted by Gasteiger charge is 2.20. The van der Waals surface area contributed by atoms with E-state index < -0.39 is 0 Å². The summed E-state index contributed by atoms with van der Waals surface area (Å²) < 4.78 is 13.0. The number of carbonyl (C=O) groups is 1. The summed E-state index contributed by atoms with van der Waals surface area (Å²) in [7, 11) is 0. The number of rotatable bonds is 4. The minimum absolute atomic E-state index is 0.178. The Hall–Kier alpha value is -2.67. The summed E-state index contributed by atoms with van der Waals surface area (Å²) in [5, 5.41) is 9.33. The van der Waals surface area contributed by atoms with Crippen molar-refractivity contribution in [3.8, 4) is 10.6 Å². The van der Waals surface area contributed by atoms with Crippen LogP contribution in [-0.2, 0) is 0 Å². The number of aromatic nitrogens is 3. The van der Waals surface area contributed by atoms with Gasteiger partial charge in [0.25, 0.3) is 5.91 Å². The molecule has 0 N–H and O–H groups in total. The Morgan fingerprint density at radius 1 is 1.22 bits per heavy atom. The van der Waals surface area contributed by atoms with E-state index >= 15 is 0 Å². The van der Waals surface area contributed by atoms with Crippen LogP contribution in [0.25, 0.3) is 10.6 Å². The van der Waals surface area contributed by atoms with E-state index in [4.69, 9.17) is 0 Å². The van der Waals surface area contributed by atoms with Gasteiger partial charge in [-0.3, -0.25) is 14.7 Å². The van der Waals surface area contributed by atoms with Crippen molar-refractivity contribution < 1.29 is 9.18 Å². The van der Waals surface area contributed by atoms with Crippen LogP contribution >= 0.6 is 11.3 Å². The average Bonchev–Trinajstić information content (AvgIpc) is 3.06. The van der Waals surface area contributed by atoms with Crippen LogP contribution in [0.3, 0.4) is 0 Å². The molecule has 116 valence electrons. The molecule has 0 fully saturated rings. The van der Waals surface area contributed by atoms with Gasteiger partial charge in [0.1, 0.15) is 10.8 Å². The Bertz CT molecular complexity index is 804. The summed E-state index contributed by atoms with van der Waals surface area (Å²) in [6.45, 7) is 2.33. The van der Waals surface area contributed by atoms with Gasteiger partial charge in [-0.2, -0.15) is 0 Å². The molecular weight excluding hydrogens is 315 g/mol. The van der Waals surface area contributed by atoms with E-state index in [2.05, 4.69) is 15.2 Å². The lowest BCUT2D eigenvalue weighted by Crippen LogP contribution is -2.30. The number of benzene rings is 1. The van der Waals surface area contributed by atoms with Crippen molar-refractivity contribution in [3.63, 3.8) is 0 Å². The molecule has 0 spiro atoms. The summed E-state index contributed by atoms with van der Waals surface area (Å²) in [5.41, 5.74) is 1.26. The predicted molar refractivity (Wildman–Crippen MR) is 86.9 cm³/mol. The van der Waals surface area contributed by atoms with Crippen LogP contribution in [0.4, 0.5) is 9.52 Å². The van der Waals surface area contributed by atoms with E-state index in [0.29, 0.717) is 22.2 Å². The van der Waals surface area contributed by atoms with Gasteiger partial charge in [0.2, 0.25) is 5.13 Å². The van der Waals surface area contributed by atoms with Crippen LogP contribution in [0.5, 0.6) is 0 Å². The SMILES string of the molecule is CCN(C(=O)c1cccnc1)c1nnc(-c2ccc(F)cc2)s1. The summed E-state index contributed by atoms with van der Waals surface area (Å²) in [6.07, 6.45) is 3.14. The molecule has 0 aliphatic carbocycles. The largest absolute Gasteiger partial charge is 0.283 e. The average molecular weight is 328 g/mol. The highest BCUT2D eigenvalue weighted by atomic mass is 32.1. The topological polar surface area (TPSA) is 59.0 Å². The van der Waals surface area contributed by atoms with Crippen molar-refractivity contribution in [2.45, 2.75) is 6.92 Å². The van der Waals surface area contributed by atoms with Crippen molar-refractivity contribution in [3.05, 3.63) is 60.2 Å². The molecule has 0 saturated carbocycles. The van der Waals surface area contributed by atoms with Crippen molar-refractivity contribution in [1.82, 2.24) is 15.2 Å². The van der Waals surface area contributed by atoms with Crippen LogP contribution in [0.15, 0.2) is 48.8 Å². The maximum atomic E-state index is 13.0. The van der Waals surface area contributed by atoms with Gasteiger partial charge in [0.05, 0.1) is 5.56 Å². The molecule has 23 heavy (non-hydrogen) atoms. The van der Waals surface area contributed by atoms with E-state index in [0.717, 1.165) is 5.56 Å². The lowest BCUT2D eigenvalue weighted by molar-refractivity contribution is 0.0988. The Balaban J connectivity index is 1.88. The van der Waals surface area contributed by atoms with E-state index in [9.17, 15) is 9.18 Å². The normalized spacial score (nSPS) is 10.5. The maximum Gasteiger partial charge on any atom is 0.261 e. The highest BCUT2D eigenvalue weighted by molar-refractivity contribution is 7.18. The first kappa shape index (κ1) is 15.2. The number of halogens is 1. The molecular formula is C16H13FN4OS. The number of hydrogen-bond acceptors (Lipinski definition) is 5. The first-order valence-electron chi connectivity index (χ1n) is 7.00. The zero-order valence-electron chi connectivity index (χ0n) is 12.3. The third-order valence-electron chi connectivity index (χ3n) is 3.21. The summed E-state index contributed by atoms with van der Waals surface area (Å²) in [6, 6.07) is 9.44. The Kier molecular flexibility index (Phi) is 4.38. The van der Waals surface area contributed by atoms with E-state index in [1.165, 1.54) is 29.7 Å². The molecule has 0 aliphatic heterocycles. The highest BCUT2D eigenvalue weighted by Crippen LogP contribution is 2.29. The molecule has 3 aromatic rings. The second-order valence-corrected chi connectivity index (χ2v) is 5.64. The fourth-order valence-electron chi connectivity index (χ4n) is 2.04. The molecule has 0 saturated heterocycles. The Morgan fingerprint density at radius 3 is 2.65 bits per heavy atom. The molecule has 1 amide bonds. The minimum atomic E-state index is -0.305. The Labute approximate surface area is 136 Å². The van der Waals surface area contributed by atoms with Gasteiger partial charge in [-0.25, -0.2) is 4.39 Å². The third kappa shape index (κ3) is 3.24. The fourth-order valence-corrected chi connectivity index (χ4v) is 2.96. The second-order valence-electron chi connectivity index (χ2n) is 4.69. The lowest BCUT2D eigenvalue weighted by Gasteiger charge is -2.16. The minimum Gasteiger partial charge on any atom is -0.283 e. The molecule has 5 nitrogen and oxygen atoms in total. The molecule has 1 aromatic carbocycles. The summed E-state index contributed by atoms with van der Waals surface area (Å²) in [5.74, 6) is -0.483. The number of hydrogen-bond donors (Lipinski definition) is 0. The van der Waals surface area contributed by atoms with Crippen LogP contribution in [0, 0.1) is 5.82 Å². The standard InChI is InChI=1S/C16H13FN4OS/c1-2-21(15(22)12-4-3-9-18-10-12)16-20-19-14(23-16)11-5-7-13(17)8-6-11/h3-10H,2H2,1H3. The molecule has 2 aromatic heterocycles. The monoisotopic (exact) mass is 328 g/mol. The Morgan fingerprint density at radius 2 is 2.00 bits per heavy atom. The molecule has 0 aliphatic rings. The van der Waals surface area contributed by atoms with Crippen molar-refractivity contribution in [2.75, 3.05) is 11.4 Å². The molecule has 0 atom stereocenters. The van der Waals surface area contributed by atoms with Crippen LogP contribution < -0.4 is 4.90 Å². The van der Waals surface area contributed by atoms with Crippen molar-refractivity contribution in [1.29, 1.82) is 0 Å². The molecule has 2 heterocycles. The van der Waals surface area contributed by atoms with Crippen LogP contribution in [0.2, 0.25) is 0 Å². The molecule has 0 bridgehead atoms. The molecule has 3 rings (SSSR count). The van der Waals surface area contributed by atoms with Gasteiger partial charge in [-0.1, -0.05) is 11.3 Å². The smallest absolute Gasteiger partial charge is 0.261 e. The fraction of sp³-hybridized carbons (Fsp3) is 0.125. The van der Waals surface area contributed by atoms with E-state index in [-0.39, 0.29) is 11.7 Å². The summed E-state index contributed by atoms with van der Waals surface area (Å²) in [4.78, 5) is 18.0. The molecule has 7 heteroatoms. The van der Waals surface area contributed by atoms with Crippen molar-refractivity contribution >= 4 is 22.4 Å². The van der Waals surface area contributed by atoms with Gasteiger partial charge in [0.15, 0.2) is 0 Å². The second kappa shape index (κ2) is 6.62. The quantitative estimate of drug-likeness (QED) is 0.736. The van der Waals surface area contributed by atoms with Gasteiger partial charge < -0.3 is 0 Å². The number of amides is 1. The maximum absolute atomic E-state index is 13.0. The van der Waals surface area contributed by atoms with E-state index in [1.807, 2.05) is 6.92 Å². The molecule has 0 unspecified atom stereocenters. The summed E-state index contributed by atoms with van der Waals surface area (Å²) >= 11 is 1.29. The van der Waals surface area contributed by atoms with Crippen LogP contribution in [0.1, 0.15) is 17.3 Å². The first-order chi connectivity index (χ1) is 11.2. The third-order valence-corrected chi connectivity index (χ3v) is 4.20. The van der Waals surface area contributed by atoms with Crippen LogP contribution in [-0.4, -0.2) is 27.6 Å². The van der Waals surface area contributed by atoms with Gasteiger partial charge in [0, 0.05) is 24.5 Å². The van der Waals surface area contributed by atoms with E-state index in [1.54, 1.807) is 35.4 Å². The van der Waals surface area contributed by atoms with Crippen molar-refractivity contribution in [2.24, 2.45) is 0 Å². The zero-order chi connectivity index (χ0) is 16.2. The lowest BCUT2D eigenvalue weighted by atomic mass is 10.2.